The predicted molar refractivity (Wildman–Crippen MR) is 110 cm³/mol. The molecule has 1 aromatic carbocycles. The Hall–Kier alpha value is -2.34. The molecule has 158 valence electrons. The highest BCUT2D eigenvalue weighted by molar-refractivity contribution is 5.93. The van der Waals surface area contributed by atoms with Crippen molar-refractivity contribution in [1.29, 1.82) is 0 Å². The van der Waals surface area contributed by atoms with E-state index in [-0.39, 0.29) is 23.8 Å². The second-order valence-electron chi connectivity index (χ2n) is 9.42. The van der Waals surface area contributed by atoms with Crippen LogP contribution < -0.4 is 10.1 Å². The van der Waals surface area contributed by atoms with Crippen LogP contribution >= 0.6 is 0 Å². The van der Waals surface area contributed by atoms with Crippen LogP contribution in [-0.4, -0.2) is 47.6 Å². The molecule has 1 aliphatic carbocycles. The van der Waals surface area contributed by atoms with Gasteiger partial charge in [0.05, 0.1) is 31.1 Å². The summed E-state index contributed by atoms with van der Waals surface area (Å²) in [4.78, 5) is 28.5. The van der Waals surface area contributed by atoms with E-state index in [0.717, 1.165) is 43.6 Å². The minimum atomic E-state index is -0.602. The molecule has 2 saturated heterocycles. The monoisotopic (exact) mass is 408 g/mol. The van der Waals surface area contributed by atoms with Crippen LogP contribution in [0.4, 0.5) is 0 Å². The molecule has 6 heteroatoms. The molecule has 0 aromatic heterocycles. The topological polar surface area (TPSA) is 67.9 Å². The summed E-state index contributed by atoms with van der Waals surface area (Å²) in [5.41, 5.74) is 1.67. The zero-order valence-corrected chi connectivity index (χ0v) is 17.1. The third kappa shape index (κ3) is 2.73. The fourth-order valence-corrected chi connectivity index (χ4v) is 6.18. The summed E-state index contributed by atoms with van der Waals surface area (Å²) in [6.45, 7) is 1.83. The van der Waals surface area contributed by atoms with Crippen LogP contribution in [0.15, 0.2) is 30.4 Å². The SMILES string of the molecule is O=C(NCc1ccc2c(c1)CCCO2)[C@H]1[C@H]2C(=O)N(C3CCCC3)C[C@@]23C=C[C@H]1O3. The van der Waals surface area contributed by atoms with Crippen molar-refractivity contribution < 1.29 is 19.1 Å². The Balaban J connectivity index is 1.18. The summed E-state index contributed by atoms with van der Waals surface area (Å²) < 4.78 is 11.9. The highest BCUT2D eigenvalue weighted by Crippen LogP contribution is 2.53. The minimum absolute atomic E-state index is 0.0770. The molecule has 1 spiro atoms. The number of nitrogens with zero attached hydrogens (tertiary/aromatic N) is 1. The molecule has 4 heterocycles. The van der Waals surface area contributed by atoms with Crippen molar-refractivity contribution in [3.05, 3.63) is 41.5 Å². The Morgan fingerprint density at radius 3 is 2.97 bits per heavy atom. The molecule has 3 fully saturated rings. The Kier molecular flexibility index (Phi) is 4.20. The van der Waals surface area contributed by atoms with Gasteiger partial charge < -0.3 is 19.7 Å². The molecule has 4 aliphatic heterocycles. The average Bonchev–Trinajstić information content (AvgIpc) is 3.54. The lowest BCUT2D eigenvalue weighted by Crippen LogP contribution is -2.44. The van der Waals surface area contributed by atoms with Gasteiger partial charge in [0.25, 0.3) is 0 Å². The number of likely N-dealkylation sites (tertiary alicyclic amines) is 1. The van der Waals surface area contributed by atoms with Gasteiger partial charge in [0.1, 0.15) is 11.4 Å². The summed E-state index contributed by atoms with van der Waals surface area (Å²) in [5, 5.41) is 3.08. The van der Waals surface area contributed by atoms with Gasteiger partial charge in [0.2, 0.25) is 11.8 Å². The third-order valence-corrected chi connectivity index (χ3v) is 7.64. The smallest absolute Gasteiger partial charge is 0.230 e. The van der Waals surface area contributed by atoms with Crippen molar-refractivity contribution in [3.8, 4) is 5.75 Å². The number of carbonyl (C=O) groups excluding carboxylic acids is 2. The van der Waals surface area contributed by atoms with Gasteiger partial charge in [-0.3, -0.25) is 9.59 Å². The summed E-state index contributed by atoms with van der Waals surface area (Å²) in [7, 11) is 0. The van der Waals surface area contributed by atoms with Crippen molar-refractivity contribution in [2.75, 3.05) is 13.2 Å². The van der Waals surface area contributed by atoms with Gasteiger partial charge in [-0.25, -0.2) is 0 Å². The fourth-order valence-electron chi connectivity index (χ4n) is 6.18. The molecule has 6 rings (SSSR count). The molecular weight excluding hydrogens is 380 g/mol. The lowest BCUT2D eigenvalue weighted by Gasteiger charge is -2.27. The standard InChI is InChI=1S/C24H28N2O4/c27-22(25-13-15-7-8-18-16(12-15)4-3-11-29-18)20-19-9-10-24(30-19)14-26(23(28)21(20)24)17-5-1-2-6-17/h7-10,12,17,19-21H,1-6,11,13-14H2,(H,25,27)/t19-,20-,21+,24+/m1/s1. The first-order chi connectivity index (χ1) is 14.6. The molecule has 0 radical (unpaired) electrons. The first kappa shape index (κ1) is 18.4. The van der Waals surface area contributed by atoms with Gasteiger partial charge in [-0.05, 0) is 42.9 Å². The summed E-state index contributed by atoms with van der Waals surface area (Å²) in [5.74, 6) is 0.167. The number of hydrogen-bond acceptors (Lipinski definition) is 4. The van der Waals surface area contributed by atoms with Crippen LogP contribution in [0.25, 0.3) is 0 Å². The Bertz CT molecular complexity index is 922. The number of rotatable bonds is 4. The minimum Gasteiger partial charge on any atom is -0.493 e. The molecule has 4 atom stereocenters. The van der Waals surface area contributed by atoms with E-state index in [1.165, 1.54) is 18.4 Å². The van der Waals surface area contributed by atoms with Crippen molar-refractivity contribution in [2.45, 2.75) is 62.8 Å². The van der Waals surface area contributed by atoms with Gasteiger partial charge >= 0.3 is 0 Å². The summed E-state index contributed by atoms with van der Waals surface area (Å²) >= 11 is 0. The van der Waals surface area contributed by atoms with Crippen LogP contribution in [-0.2, 0) is 27.3 Å². The van der Waals surface area contributed by atoms with E-state index in [4.69, 9.17) is 9.47 Å². The molecule has 6 nitrogen and oxygen atoms in total. The lowest BCUT2D eigenvalue weighted by atomic mass is 9.77. The molecule has 30 heavy (non-hydrogen) atoms. The maximum Gasteiger partial charge on any atom is 0.230 e. The van der Waals surface area contributed by atoms with E-state index in [1.54, 1.807) is 0 Å². The Morgan fingerprint density at radius 2 is 2.10 bits per heavy atom. The van der Waals surface area contributed by atoms with Crippen molar-refractivity contribution in [3.63, 3.8) is 0 Å². The average molecular weight is 408 g/mol. The first-order valence-electron chi connectivity index (χ1n) is 11.3. The normalized spacial score (nSPS) is 34.2. The van der Waals surface area contributed by atoms with Crippen LogP contribution in [0.1, 0.15) is 43.2 Å². The van der Waals surface area contributed by atoms with Gasteiger partial charge in [-0.15, -0.1) is 0 Å². The largest absolute Gasteiger partial charge is 0.493 e. The summed E-state index contributed by atoms with van der Waals surface area (Å²) in [6, 6.07) is 6.44. The van der Waals surface area contributed by atoms with Crippen molar-refractivity contribution in [1.82, 2.24) is 10.2 Å². The Labute approximate surface area is 176 Å². The van der Waals surface area contributed by atoms with E-state index in [1.807, 2.05) is 29.2 Å². The number of benzene rings is 1. The highest BCUT2D eigenvalue weighted by Gasteiger charge is 2.67. The molecule has 2 bridgehead atoms. The molecule has 5 aliphatic rings. The number of carbonyl (C=O) groups is 2. The van der Waals surface area contributed by atoms with Gasteiger partial charge in [0.15, 0.2) is 0 Å². The van der Waals surface area contributed by atoms with Crippen molar-refractivity contribution in [2.24, 2.45) is 11.8 Å². The molecule has 1 aromatic rings. The molecule has 1 saturated carbocycles. The molecule has 0 unspecified atom stereocenters. The zero-order valence-electron chi connectivity index (χ0n) is 17.1. The molecule has 1 N–H and O–H groups in total. The van der Waals surface area contributed by atoms with Crippen LogP contribution in [0.2, 0.25) is 0 Å². The number of amides is 2. The number of nitrogens with one attached hydrogen (secondary N) is 1. The number of fused-ring (bicyclic) bond motifs is 2. The van der Waals surface area contributed by atoms with Gasteiger partial charge in [-0.1, -0.05) is 37.1 Å². The third-order valence-electron chi connectivity index (χ3n) is 7.64. The fraction of sp³-hybridized carbons (Fsp3) is 0.583. The van der Waals surface area contributed by atoms with Crippen LogP contribution in [0.3, 0.4) is 0 Å². The lowest BCUT2D eigenvalue weighted by molar-refractivity contribution is -0.138. The highest BCUT2D eigenvalue weighted by atomic mass is 16.5. The van der Waals surface area contributed by atoms with Gasteiger partial charge in [0, 0.05) is 12.6 Å². The van der Waals surface area contributed by atoms with E-state index in [9.17, 15) is 9.59 Å². The van der Waals surface area contributed by atoms with Crippen LogP contribution in [0, 0.1) is 11.8 Å². The van der Waals surface area contributed by atoms with E-state index in [0.29, 0.717) is 19.1 Å². The second kappa shape index (κ2) is 6.84. The summed E-state index contributed by atoms with van der Waals surface area (Å²) in [6.07, 6.45) is 10.3. The van der Waals surface area contributed by atoms with Gasteiger partial charge in [-0.2, -0.15) is 0 Å². The first-order valence-corrected chi connectivity index (χ1v) is 11.3. The van der Waals surface area contributed by atoms with Crippen molar-refractivity contribution >= 4 is 11.8 Å². The van der Waals surface area contributed by atoms with E-state index >= 15 is 0 Å². The van der Waals surface area contributed by atoms with E-state index < -0.39 is 11.5 Å². The molecule has 2 amide bonds. The number of aryl methyl sites for hydroxylation is 1. The predicted octanol–water partition coefficient (Wildman–Crippen LogP) is 2.35. The number of hydrogen-bond donors (Lipinski definition) is 1. The Morgan fingerprint density at radius 1 is 1.23 bits per heavy atom. The maximum atomic E-state index is 13.3. The van der Waals surface area contributed by atoms with Crippen LogP contribution in [0.5, 0.6) is 5.75 Å². The molecular formula is C24H28N2O4. The number of ether oxygens (including phenoxy) is 2. The second-order valence-corrected chi connectivity index (χ2v) is 9.42. The zero-order chi connectivity index (χ0) is 20.3. The maximum absolute atomic E-state index is 13.3. The quantitative estimate of drug-likeness (QED) is 0.777. The van der Waals surface area contributed by atoms with E-state index in [2.05, 4.69) is 11.4 Å².